The Hall–Kier alpha value is -2.42. The quantitative estimate of drug-likeness (QED) is 0.432. The van der Waals surface area contributed by atoms with Crippen molar-refractivity contribution in [2.45, 2.75) is 86.6 Å². The minimum Gasteiger partial charge on any atom is -0.359 e. The summed E-state index contributed by atoms with van der Waals surface area (Å²) < 4.78 is 0. The average molecular weight is 423 g/mol. The van der Waals surface area contributed by atoms with Crippen LogP contribution in [0.4, 0.5) is 5.69 Å². The van der Waals surface area contributed by atoms with E-state index < -0.39 is 5.54 Å². The monoisotopic (exact) mass is 422 g/mol. The van der Waals surface area contributed by atoms with Gasteiger partial charge in [-0.25, -0.2) is 0 Å². The molecule has 170 valence electrons. The summed E-state index contributed by atoms with van der Waals surface area (Å²) in [7, 11) is 0. The third-order valence-electron chi connectivity index (χ3n) is 5.50. The van der Waals surface area contributed by atoms with Gasteiger partial charge in [0.15, 0.2) is 0 Å². The van der Waals surface area contributed by atoms with Crippen molar-refractivity contribution in [3.05, 3.63) is 81.9 Å². The standard InChI is InChI=1S/C23H30N2O.C5H12/c1-16-8-9-19(15-21(16)24-17(2)22(3,4)5)14-18-10-12-20(13-11-18)23(6,7)25-26;1-3-5-4-2/h8-13,15,24H,2,14H2,1,3-7H3;3-5H2,1-2H3. The predicted octanol–water partition coefficient (Wildman–Crippen LogP) is 8.76. The van der Waals surface area contributed by atoms with E-state index in [0.717, 1.165) is 23.4 Å². The first-order valence-corrected chi connectivity index (χ1v) is 11.4. The molecule has 2 aromatic carbocycles. The SMILES string of the molecule is C=C(Nc1cc(Cc2ccc(C(C)(C)N=O)cc2)ccc1C)C(C)(C)C.CCCCC. The van der Waals surface area contributed by atoms with Gasteiger partial charge < -0.3 is 5.32 Å². The molecule has 0 aliphatic carbocycles. The smallest absolute Gasteiger partial charge is 0.122 e. The van der Waals surface area contributed by atoms with Crippen LogP contribution in [0.3, 0.4) is 0 Å². The molecule has 1 N–H and O–H groups in total. The third kappa shape index (κ3) is 8.69. The lowest BCUT2D eigenvalue weighted by Gasteiger charge is -2.24. The number of aryl methyl sites for hydroxylation is 1. The Bertz CT molecular complexity index is 840. The van der Waals surface area contributed by atoms with Gasteiger partial charge in [0, 0.05) is 16.8 Å². The van der Waals surface area contributed by atoms with E-state index in [0.29, 0.717) is 0 Å². The molecule has 0 unspecified atom stereocenters. The lowest BCUT2D eigenvalue weighted by Crippen LogP contribution is -2.16. The molecule has 31 heavy (non-hydrogen) atoms. The van der Waals surface area contributed by atoms with E-state index in [4.69, 9.17) is 0 Å². The van der Waals surface area contributed by atoms with Gasteiger partial charge in [0.2, 0.25) is 0 Å². The fraction of sp³-hybridized carbons (Fsp3) is 0.500. The van der Waals surface area contributed by atoms with Crippen LogP contribution in [0.2, 0.25) is 0 Å². The number of hydrogen-bond acceptors (Lipinski definition) is 3. The maximum absolute atomic E-state index is 11.0. The van der Waals surface area contributed by atoms with E-state index in [1.54, 1.807) is 0 Å². The maximum atomic E-state index is 11.0. The van der Waals surface area contributed by atoms with Crippen molar-refractivity contribution in [1.29, 1.82) is 0 Å². The molecule has 3 heteroatoms. The Labute approximate surface area is 190 Å². The van der Waals surface area contributed by atoms with Crippen LogP contribution in [0.15, 0.2) is 59.9 Å². The molecule has 0 aliphatic rings. The highest BCUT2D eigenvalue weighted by molar-refractivity contribution is 5.57. The number of benzene rings is 2. The van der Waals surface area contributed by atoms with Crippen LogP contribution in [-0.4, -0.2) is 0 Å². The van der Waals surface area contributed by atoms with Crippen molar-refractivity contribution < 1.29 is 0 Å². The molecule has 0 bridgehead atoms. The first-order valence-electron chi connectivity index (χ1n) is 11.4. The fourth-order valence-electron chi connectivity index (χ4n) is 2.94. The number of allylic oxidation sites excluding steroid dienone is 1. The van der Waals surface area contributed by atoms with Crippen molar-refractivity contribution in [2.75, 3.05) is 5.32 Å². The van der Waals surface area contributed by atoms with Crippen LogP contribution in [0.5, 0.6) is 0 Å². The predicted molar refractivity (Wildman–Crippen MR) is 137 cm³/mol. The Morgan fingerprint density at radius 3 is 1.94 bits per heavy atom. The molecule has 0 saturated carbocycles. The molecule has 3 nitrogen and oxygen atoms in total. The molecule has 0 spiro atoms. The van der Waals surface area contributed by atoms with Crippen molar-refractivity contribution in [3.63, 3.8) is 0 Å². The van der Waals surface area contributed by atoms with Gasteiger partial charge in [0.05, 0.1) is 0 Å². The molecule has 0 amide bonds. The summed E-state index contributed by atoms with van der Waals surface area (Å²) in [5.41, 5.74) is 6.01. The Kier molecular flexibility index (Phi) is 10.2. The first-order chi connectivity index (χ1) is 14.4. The maximum Gasteiger partial charge on any atom is 0.122 e. The van der Waals surface area contributed by atoms with Crippen LogP contribution >= 0.6 is 0 Å². The van der Waals surface area contributed by atoms with Crippen LogP contribution in [0.1, 0.15) is 90.0 Å². The number of nitrogens with one attached hydrogen (secondary N) is 1. The van der Waals surface area contributed by atoms with Crippen LogP contribution in [0.25, 0.3) is 0 Å². The number of nitroso groups, excluding NO2 is 1. The Morgan fingerprint density at radius 2 is 1.48 bits per heavy atom. The average Bonchev–Trinajstić information content (AvgIpc) is 2.71. The summed E-state index contributed by atoms with van der Waals surface area (Å²) in [6.07, 6.45) is 4.92. The minimum absolute atomic E-state index is 0.0116. The number of rotatable bonds is 8. The van der Waals surface area contributed by atoms with E-state index >= 15 is 0 Å². The largest absolute Gasteiger partial charge is 0.359 e. The molecule has 0 radical (unpaired) electrons. The molecule has 2 aromatic rings. The summed E-state index contributed by atoms with van der Waals surface area (Å²) >= 11 is 0. The summed E-state index contributed by atoms with van der Waals surface area (Å²) in [5.74, 6) is 0. The summed E-state index contributed by atoms with van der Waals surface area (Å²) in [5, 5.41) is 6.68. The molecule has 0 fully saturated rings. The summed E-state index contributed by atoms with van der Waals surface area (Å²) in [4.78, 5) is 11.0. The first kappa shape index (κ1) is 26.6. The van der Waals surface area contributed by atoms with Crippen molar-refractivity contribution >= 4 is 5.69 Å². The van der Waals surface area contributed by atoms with Crippen LogP contribution in [-0.2, 0) is 12.0 Å². The number of anilines is 1. The summed E-state index contributed by atoms with van der Waals surface area (Å²) in [6.45, 7) is 20.8. The van der Waals surface area contributed by atoms with Gasteiger partial charge in [-0.3, -0.25) is 0 Å². The Morgan fingerprint density at radius 1 is 0.935 bits per heavy atom. The minimum atomic E-state index is -0.688. The second-order valence-corrected chi connectivity index (χ2v) is 9.88. The normalized spacial score (nSPS) is 11.4. The second-order valence-electron chi connectivity index (χ2n) is 9.88. The highest BCUT2D eigenvalue weighted by atomic mass is 16.3. The number of unbranched alkanes of at least 4 members (excludes halogenated alkanes) is 2. The highest BCUT2D eigenvalue weighted by Gasteiger charge is 2.20. The van der Waals surface area contributed by atoms with Gasteiger partial charge in [-0.2, -0.15) is 0 Å². The van der Waals surface area contributed by atoms with E-state index in [1.165, 1.54) is 36.0 Å². The molecule has 0 saturated heterocycles. The molecule has 0 aliphatic heterocycles. The third-order valence-corrected chi connectivity index (χ3v) is 5.50. The van der Waals surface area contributed by atoms with Crippen molar-refractivity contribution in [3.8, 4) is 0 Å². The lowest BCUT2D eigenvalue weighted by molar-refractivity contribution is 0.509. The van der Waals surface area contributed by atoms with E-state index in [9.17, 15) is 4.91 Å². The number of nitrogens with zero attached hydrogens (tertiary/aromatic N) is 1. The van der Waals surface area contributed by atoms with Crippen molar-refractivity contribution in [1.82, 2.24) is 0 Å². The van der Waals surface area contributed by atoms with Gasteiger partial charge >= 0.3 is 0 Å². The zero-order valence-electron chi connectivity index (χ0n) is 20.9. The van der Waals surface area contributed by atoms with E-state index in [1.807, 2.05) is 26.0 Å². The molecule has 0 heterocycles. The van der Waals surface area contributed by atoms with Crippen LogP contribution in [0, 0.1) is 17.2 Å². The van der Waals surface area contributed by atoms with Gasteiger partial charge in [-0.15, -0.1) is 4.91 Å². The number of hydrogen-bond donors (Lipinski definition) is 1. The highest BCUT2D eigenvalue weighted by Crippen LogP contribution is 2.28. The van der Waals surface area contributed by atoms with Gasteiger partial charge in [0.1, 0.15) is 5.54 Å². The Balaban J connectivity index is 0.000000861. The molecule has 0 atom stereocenters. The van der Waals surface area contributed by atoms with Gasteiger partial charge in [-0.1, -0.05) is 102 Å². The second kappa shape index (κ2) is 11.8. The van der Waals surface area contributed by atoms with Crippen LogP contribution < -0.4 is 5.32 Å². The summed E-state index contributed by atoms with van der Waals surface area (Å²) in [6, 6.07) is 14.6. The molecule has 0 aromatic heterocycles. The van der Waals surface area contributed by atoms with Crippen molar-refractivity contribution in [2.24, 2.45) is 10.6 Å². The topological polar surface area (TPSA) is 41.5 Å². The van der Waals surface area contributed by atoms with E-state index in [-0.39, 0.29) is 5.41 Å². The zero-order valence-corrected chi connectivity index (χ0v) is 20.9. The molecular formula is C28H42N2O. The molecule has 2 rings (SSSR count). The van der Waals surface area contributed by atoms with E-state index in [2.05, 4.69) is 88.9 Å². The fourth-order valence-corrected chi connectivity index (χ4v) is 2.94. The van der Waals surface area contributed by atoms with Gasteiger partial charge in [-0.05, 0) is 55.5 Å². The zero-order chi connectivity index (χ0) is 23.7. The molecular weight excluding hydrogens is 380 g/mol. The van der Waals surface area contributed by atoms with Gasteiger partial charge in [0.25, 0.3) is 0 Å². The lowest BCUT2D eigenvalue weighted by atomic mass is 9.92.